The molecule has 0 fully saturated rings. The third-order valence-corrected chi connectivity index (χ3v) is 3.25. The van der Waals surface area contributed by atoms with Crippen molar-refractivity contribution in [3.8, 4) is 0 Å². The van der Waals surface area contributed by atoms with E-state index >= 15 is 0 Å². The van der Waals surface area contributed by atoms with Gasteiger partial charge in [-0.25, -0.2) is 4.98 Å². The van der Waals surface area contributed by atoms with E-state index in [0.717, 1.165) is 18.5 Å². The number of hydrogen-bond donors (Lipinski definition) is 2. The minimum atomic E-state index is -0.177. The maximum absolute atomic E-state index is 11.4. The lowest BCUT2D eigenvalue weighted by Gasteiger charge is -2.07. The van der Waals surface area contributed by atoms with Gasteiger partial charge in [-0.05, 0) is 24.0 Å². The highest BCUT2D eigenvalue weighted by atomic mass is 16.1. The van der Waals surface area contributed by atoms with Crippen LogP contribution in [0.15, 0.2) is 35.1 Å². The molecule has 0 saturated heterocycles. The lowest BCUT2D eigenvalue weighted by molar-refractivity contribution is 0.710. The second-order valence-electron chi connectivity index (χ2n) is 4.43. The molecule has 0 aliphatic heterocycles. The highest BCUT2D eigenvalue weighted by molar-refractivity contribution is 5.36. The van der Waals surface area contributed by atoms with Gasteiger partial charge in [-0.15, -0.1) is 0 Å². The Hall–Kier alpha value is -2.10. The number of nitrogen functional groups attached to an aromatic ring is 1. The third-order valence-electron chi connectivity index (χ3n) is 3.25. The second-order valence-corrected chi connectivity index (χ2v) is 4.43. The van der Waals surface area contributed by atoms with Crippen LogP contribution in [0.5, 0.6) is 0 Å². The molecule has 1 heterocycles. The summed E-state index contributed by atoms with van der Waals surface area (Å²) < 4.78 is 0. The number of nitrogens with zero attached hydrogens (tertiary/aromatic N) is 1. The zero-order chi connectivity index (χ0) is 11.8. The van der Waals surface area contributed by atoms with E-state index in [1.807, 2.05) is 12.1 Å². The number of anilines is 1. The minimum Gasteiger partial charge on any atom is -0.369 e. The van der Waals surface area contributed by atoms with Crippen molar-refractivity contribution >= 4 is 5.95 Å². The van der Waals surface area contributed by atoms with Gasteiger partial charge >= 0.3 is 0 Å². The number of fused-ring (bicyclic) bond motifs is 1. The molecule has 4 nitrogen and oxygen atoms in total. The van der Waals surface area contributed by atoms with Crippen LogP contribution in [-0.4, -0.2) is 9.97 Å². The number of nitrogens with one attached hydrogen (secondary N) is 1. The van der Waals surface area contributed by atoms with Crippen molar-refractivity contribution in [1.82, 2.24) is 9.97 Å². The summed E-state index contributed by atoms with van der Waals surface area (Å²) in [6.07, 6.45) is 1.87. The average Bonchev–Trinajstić information content (AvgIpc) is 2.71. The van der Waals surface area contributed by atoms with Crippen LogP contribution in [0, 0.1) is 0 Å². The highest BCUT2D eigenvalue weighted by Crippen LogP contribution is 2.32. The molecule has 1 aromatic heterocycles. The molecule has 0 amide bonds. The van der Waals surface area contributed by atoms with Crippen molar-refractivity contribution in [2.24, 2.45) is 0 Å². The van der Waals surface area contributed by atoms with Crippen LogP contribution in [-0.2, 0) is 12.8 Å². The van der Waals surface area contributed by atoms with Crippen molar-refractivity contribution in [3.05, 3.63) is 57.5 Å². The Balaban J connectivity index is 1.96. The van der Waals surface area contributed by atoms with Crippen LogP contribution in [0.4, 0.5) is 5.95 Å². The molecule has 0 spiro atoms. The zero-order valence-electron chi connectivity index (χ0n) is 9.31. The smallest absolute Gasteiger partial charge is 0.252 e. The normalized spacial score (nSPS) is 14.8. The van der Waals surface area contributed by atoms with E-state index in [2.05, 4.69) is 22.1 Å². The maximum Gasteiger partial charge on any atom is 0.252 e. The molecule has 1 aliphatic carbocycles. The van der Waals surface area contributed by atoms with Gasteiger partial charge < -0.3 is 5.73 Å². The number of nitrogens with two attached hydrogens (primary N) is 1. The molecule has 4 heteroatoms. The Kier molecular flexibility index (Phi) is 2.21. The van der Waals surface area contributed by atoms with Gasteiger partial charge in [0.1, 0.15) is 0 Å². The summed E-state index contributed by atoms with van der Waals surface area (Å²) in [6, 6.07) is 9.90. The standard InChI is InChI=1S/C13H13N3O/c14-13-15-11(7-12(17)16-13)10-5-8-3-1-2-4-9(8)6-10/h1-4,7,10H,5-6H2,(H3,14,15,16,17). The third kappa shape index (κ3) is 1.82. The molecule has 0 atom stereocenters. The van der Waals surface area contributed by atoms with Gasteiger partial charge in [0, 0.05) is 12.0 Å². The summed E-state index contributed by atoms with van der Waals surface area (Å²) in [5.74, 6) is 0.473. The Morgan fingerprint density at radius 1 is 1.24 bits per heavy atom. The molecular formula is C13H13N3O. The van der Waals surface area contributed by atoms with Gasteiger partial charge in [-0.1, -0.05) is 24.3 Å². The molecule has 0 bridgehead atoms. The quantitative estimate of drug-likeness (QED) is 0.769. The molecule has 17 heavy (non-hydrogen) atoms. The van der Waals surface area contributed by atoms with Gasteiger partial charge in [0.2, 0.25) is 5.95 Å². The van der Waals surface area contributed by atoms with E-state index < -0.39 is 0 Å². The molecular weight excluding hydrogens is 214 g/mol. The lowest BCUT2D eigenvalue weighted by atomic mass is 10.0. The van der Waals surface area contributed by atoms with Crippen molar-refractivity contribution < 1.29 is 0 Å². The zero-order valence-corrected chi connectivity index (χ0v) is 9.31. The van der Waals surface area contributed by atoms with Crippen molar-refractivity contribution in [2.45, 2.75) is 18.8 Å². The van der Waals surface area contributed by atoms with Crippen LogP contribution >= 0.6 is 0 Å². The first-order valence-corrected chi connectivity index (χ1v) is 5.66. The van der Waals surface area contributed by atoms with E-state index in [9.17, 15) is 4.79 Å². The van der Waals surface area contributed by atoms with Crippen LogP contribution in [0.1, 0.15) is 22.7 Å². The predicted molar refractivity (Wildman–Crippen MR) is 65.9 cm³/mol. The molecule has 86 valence electrons. The molecule has 2 aromatic rings. The number of rotatable bonds is 1. The summed E-state index contributed by atoms with van der Waals surface area (Å²) in [7, 11) is 0. The largest absolute Gasteiger partial charge is 0.369 e. The molecule has 1 aliphatic rings. The first-order valence-electron chi connectivity index (χ1n) is 5.66. The van der Waals surface area contributed by atoms with Gasteiger partial charge in [0.05, 0.1) is 5.69 Å². The second kappa shape index (κ2) is 3.73. The first-order chi connectivity index (χ1) is 8.22. The molecule has 0 unspecified atom stereocenters. The Bertz CT molecular complexity index is 593. The SMILES string of the molecule is Nc1nc(C2Cc3ccccc3C2)cc(=O)[nH]1. The van der Waals surface area contributed by atoms with Crippen molar-refractivity contribution in [3.63, 3.8) is 0 Å². The fraction of sp³-hybridized carbons (Fsp3) is 0.231. The fourth-order valence-corrected chi connectivity index (χ4v) is 2.47. The van der Waals surface area contributed by atoms with Crippen molar-refractivity contribution in [2.75, 3.05) is 5.73 Å². The Morgan fingerprint density at radius 2 is 1.88 bits per heavy atom. The number of aromatic nitrogens is 2. The molecule has 1 aromatic carbocycles. The summed E-state index contributed by atoms with van der Waals surface area (Å²) in [6.45, 7) is 0. The fourth-order valence-electron chi connectivity index (χ4n) is 2.47. The van der Waals surface area contributed by atoms with Crippen molar-refractivity contribution in [1.29, 1.82) is 0 Å². The monoisotopic (exact) mass is 227 g/mol. The van der Waals surface area contributed by atoms with Gasteiger partial charge in [0.15, 0.2) is 0 Å². The lowest BCUT2D eigenvalue weighted by Crippen LogP contribution is -2.14. The van der Waals surface area contributed by atoms with Crippen LogP contribution < -0.4 is 11.3 Å². The van der Waals surface area contributed by atoms with Gasteiger partial charge in [-0.3, -0.25) is 9.78 Å². The number of aromatic amines is 1. The minimum absolute atomic E-state index is 0.177. The Morgan fingerprint density at radius 3 is 2.47 bits per heavy atom. The van der Waals surface area contributed by atoms with E-state index in [1.165, 1.54) is 11.1 Å². The summed E-state index contributed by atoms with van der Waals surface area (Å²) in [5, 5.41) is 0. The summed E-state index contributed by atoms with van der Waals surface area (Å²) in [5.41, 5.74) is 8.87. The molecule has 0 radical (unpaired) electrons. The van der Waals surface area contributed by atoms with Gasteiger partial charge in [0.25, 0.3) is 5.56 Å². The van der Waals surface area contributed by atoms with Crippen LogP contribution in [0.3, 0.4) is 0 Å². The maximum atomic E-state index is 11.4. The summed E-state index contributed by atoms with van der Waals surface area (Å²) in [4.78, 5) is 18.1. The van der Waals surface area contributed by atoms with Crippen LogP contribution in [0.2, 0.25) is 0 Å². The number of benzene rings is 1. The Labute approximate surface area is 98.5 Å². The number of H-pyrrole nitrogens is 1. The average molecular weight is 227 g/mol. The van der Waals surface area contributed by atoms with E-state index in [0.29, 0.717) is 0 Å². The van der Waals surface area contributed by atoms with Crippen LogP contribution in [0.25, 0.3) is 0 Å². The topological polar surface area (TPSA) is 71.8 Å². The van der Waals surface area contributed by atoms with Gasteiger partial charge in [-0.2, -0.15) is 0 Å². The molecule has 0 saturated carbocycles. The molecule has 3 N–H and O–H groups in total. The highest BCUT2D eigenvalue weighted by Gasteiger charge is 2.23. The first kappa shape index (κ1) is 10.1. The van der Waals surface area contributed by atoms with E-state index in [4.69, 9.17) is 5.73 Å². The van der Waals surface area contributed by atoms with E-state index in [1.54, 1.807) is 6.07 Å². The molecule has 3 rings (SSSR count). The number of hydrogen-bond acceptors (Lipinski definition) is 3. The van der Waals surface area contributed by atoms with E-state index in [-0.39, 0.29) is 17.4 Å². The predicted octanol–water partition coefficient (Wildman–Crippen LogP) is 1.23. The summed E-state index contributed by atoms with van der Waals surface area (Å²) >= 11 is 0.